The van der Waals surface area contributed by atoms with Gasteiger partial charge in [-0.3, -0.25) is 4.68 Å². The smallest absolute Gasteiger partial charge is 0.350 e. The van der Waals surface area contributed by atoms with Gasteiger partial charge in [-0.25, -0.2) is 9.59 Å². The third-order valence-corrected chi connectivity index (χ3v) is 4.12. The van der Waals surface area contributed by atoms with Crippen LogP contribution in [0.3, 0.4) is 0 Å². The number of carbonyl (C=O) groups excluding carboxylic acids is 2. The number of rotatable bonds is 6. The van der Waals surface area contributed by atoms with Crippen molar-refractivity contribution in [2.45, 2.75) is 46.6 Å². The molecule has 0 bridgehead atoms. The summed E-state index contributed by atoms with van der Waals surface area (Å²) in [5, 5.41) is 7.28. The summed E-state index contributed by atoms with van der Waals surface area (Å²) in [7, 11) is 0. The fourth-order valence-electron chi connectivity index (χ4n) is 2.61. The molecular formula is C20H23N3O5. The fraction of sp³-hybridized carbons (Fsp3) is 0.350. The summed E-state index contributed by atoms with van der Waals surface area (Å²) in [6, 6.07) is 7.14. The first-order valence-corrected chi connectivity index (χ1v) is 8.96. The minimum atomic E-state index is -1.25. The van der Waals surface area contributed by atoms with Crippen LogP contribution in [0.15, 0.2) is 42.2 Å². The zero-order valence-corrected chi connectivity index (χ0v) is 16.3. The summed E-state index contributed by atoms with van der Waals surface area (Å²) in [4.78, 5) is 23.8. The molecule has 0 spiro atoms. The molecule has 0 amide bonds. The van der Waals surface area contributed by atoms with Gasteiger partial charge in [0, 0.05) is 44.0 Å². The summed E-state index contributed by atoms with van der Waals surface area (Å²) in [5.74, 6) is -2.01. The highest BCUT2D eigenvalue weighted by Crippen LogP contribution is 2.23. The van der Waals surface area contributed by atoms with Gasteiger partial charge in [0.2, 0.25) is 0 Å². The predicted molar refractivity (Wildman–Crippen MR) is 101 cm³/mol. The van der Waals surface area contributed by atoms with Crippen molar-refractivity contribution in [1.29, 1.82) is 0 Å². The lowest BCUT2D eigenvalue weighted by atomic mass is 10.2. The van der Waals surface area contributed by atoms with Crippen LogP contribution in [0.4, 0.5) is 5.69 Å². The van der Waals surface area contributed by atoms with Gasteiger partial charge in [0.15, 0.2) is 5.57 Å². The van der Waals surface area contributed by atoms with Gasteiger partial charge >= 0.3 is 11.9 Å². The highest BCUT2D eigenvalue weighted by atomic mass is 16.7. The standard InChI is InChI=1S/C20H23N3O5/c1-5-23-11-14(13(2)22-23)12-26-16-8-6-15(7-9-16)21-10-17-18(24)27-20(3,4)28-19(17)25/h6-11,21H,5,12H2,1-4H3. The second-order valence-electron chi connectivity index (χ2n) is 6.79. The Bertz CT molecular complexity index is 890. The van der Waals surface area contributed by atoms with Crippen LogP contribution >= 0.6 is 0 Å². The van der Waals surface area contributed by atoms with Gasteiger partial charge in [-0.15, -0.1) is 0 Å². The molecule has 2 heterocycles. The Morgan fingerprint density at radius 1 is 1.18 bits per heavy atom. The van der Waals surface area contributed by atoms with E-state index in [2.05, 4.69) is 10.4 Å². The molecule has 1 saturated heterocycles. The summed E-state index contributed by atoms with van der Waals surface area (Å²) < 4.78 is 17.7. The SMILES string of the molecule is CCn1cc(COc2ccc(NC=C3C(=O)OC(C)(C)OC3=O)cc2)c(C)n1. The van der Waals surface area contributed by atoms with Crippen molar-refractivity contribution < 1.29 is 23.8 Å². The number of benzene rings is 1. The monoisotopic (exact) mass is 385 g/mol. The number of ether oxygens (including phenoxy) is 3. The van der Waals surface area contributed by atoms with Gasteiger partial charge in [0.25, 0.3) is 5.79 Å². The lowest BCUT2D eigenvalue weighted by Gasteiger charge is -2.29. The lowest BCUT2D eigenvalue weighted by Crippen LogP contribution is -2.42. The molecule has 1 aliphatic rings. The summed E-state index contributed by atoms with van der Waals surface area (Å²) in [6.45, 7) is 8.23. The Labute approximate surface area is 163 Å². The molecule has 1 aromatic heterocycles. The van der Waals surface area contributed by atoms with Crippen molar-refractivity contribution in [1.82, 2.24) is 9.78 Å². The Kier molecular flexibility index (Phi) is 5.39. The number of hydrogen-bond acceptors (Lipinski definition) is 7. The summed E-state index contributed by atoms with van der Waals surface area (Å²) in [6.07, 6.45) is 3.25. The number of hydrogen-bond donors (Lipinski definition) is 1. The van der Waals surface area contributed by atoms with Gasteiger partial charge in [-0.05, 0) is 38.1 Å². The first-order valence-electron chi connectivity index (χ1n) is 8.96. The highest BCUT2D eigenvalue weighted by Gasteiger charge is 2.38. The van der Waals surface area contributed by atoms with Gasteiger partial charge < -0.3 is 19.5 Å². The minimum Gasteiger partial charge on any atom is -0.489 e. The number of cyclic esters (lactones) is 2. The molecule has 148 valence electrons. The van der Waals surface area contributed by atoms with Crippen molar-refractivity contribution in [2.75, 3.05) is 5.32 Å². The molecule has 8 nitrogen and oxygen atoms in total. The number of carbonyl (C=O) groups is 2. The van der Waals surface area contributed by atoms with Crippen LogP contribution in [-0.2, 0) is 32.2 Å². The second-order valence-corrected chi connectivity index (χ2v) is 6.79. The summed E-state index contributed by atoms with van der Waals surface area (Å²) in [5.41, 5.74) is 2.47. The van der Waals surface area contributed by atoms with Crippen LogP contribution in [0.2, 0.25) is 0 Å². The van der Waals surface area contributed by atoms with E-state index >= 15 is 0 Å². The first-order chi connectivity index (χ1) is 13.3. The third-order valence-electron chi connectivity index (χ3n) is 4.12. The van der Waals surface area contributed by atoms with Crippen LogP contribution < -0.4 is 10.1 Å². The molecule has 1 N–H and O–H groups in total. The zero-order valence-electron chi connectivity index (χ0n) is 16.3. The molecular weight excluding hydrogens is 362 g/mol. The number of anilines is 1. The van der Waals surface area contributed by atoms with E-state index in [1.807, 2.05) is 24.7 Å². The quantitative estimate of drug-likeness (QED) is 0.464. The van der Waals surface area contributed by atoms with E-state index in [0.29, 0.717) is 18.0 Å². The summed E-state index contributed by atoms with van der Waals surface area (Å²) >= 11 is 0. The highest BCUT2D eigenvalue weighted by molar-refractivity contribution is 6.15. The molecule has 0 atom stereocenters. The normalized spacial score (nSPS) is 15.6. The Morgan fingerprint density at radius 2 is 1.82 bits per heavy atom. The van der Waals surface area contributed by atoms with Crippen LogP contribution in [0.1, 0.15) is 32.0 Å². The van der Waals surface area contributed by atoms with Crippen LogP contribution in [-0.4, -0.2) is 27.5 Å². The number of nitrogens with zero attached hydrogens (tertiary/aromatic N) is 2. The van der Waals surface area contributed by atoms with Crippen LogP contribution in [0.25, 0.3) is 0 Å². The van der Waals surface area contributed by atoms with E-state index in [1.165, 1.54) is 20.0 Å². The van der Waals surface area contributed by atoms with E-state index in [0.717, 1.165) is 17.8 Å². The molecule has 0 radical (unpaired) electrons. The van der Waals surface area contributed by atoms with E-state index in [4.69, 9.17) is 14.2 Å². The third kappa shape index (κ3) is 4.51. The molecule has 1 aromatic carbocycles. The maximum atomic E-state index is 11.9. The van der Waals surface area contributed by atoms with Crippen LogP contribution in [0, 0.1) is 6.92 Å². The van der Waals surface area contributed by atoms with Gasteiger partial charge in [0.05, 0.1) is 5.69 Å². The van der Waals surface area contributed by atoms with Crippen molar-refractivity contribution in [3.8, 4) is 5.75 Å². The van der Waals surface area contributed by atoms with Gasteiger partial charge in [0.1, 0.15) is 12.4 Å². The van der Waals surface area contributed by atoms with Crippen molar-refractivity contribution >= 4 is 17.6 Å². The molecule has 0 aliphatic carbocycles. The Hall–Kier alpha value is -3.29. The average molecular weight is 385 g/mol. The van der Waals surface area contributed by atoms with E-state index in [9.17, 15) is 9.59 Å². The van der Waals surface area contributed by atoms with Gasteiger partial charge in [-0.1, -0.05) is 0 Å². The van der Waals surface area contributed by atoms with Crippen molar-refractivity contribution in [3.05, 3.63) is 53.5 Å². The molecule has 1 fully saturated rings. The number of aromatic nitrogens is 2. The minimum absolute atomic E-state index is 0.192. The molecule has 0 saturated carbocycles. The topological polar surface area (TPSA) is 91.7 Å². The van der Waals surface area contributed by atoms with Crippen molar-refractivity contribution in [2.24, 2.45) is 0 Å². The molecule has 0 unspecified atom stereocenters. The van der Waals surface area contributed by atoms with Crippen LogP contribution in [0.5, 0.6) is 5.75 Å². The van der Waals surface area contributed by atoms with E-state index in [-0.39, 0.29) is 5.57 Å². The van der Waals surface area contributed by atoms with E-state index < -0.39 is 17.7 Å². The zero-order chi connectivity index (χ0) is 20.3. The largest absolute Gasteiger partial charge is 0.489 e. The Balaban J connectivity index is 1.59. The molecule has 8 heteroatoms. The Morgan fingerprint density at radius 3 is 2.39 bits per heavy atom. The molecule has 28 heavy (non-hydrogen) atoms. The molecule has 3 rings (SSSR count). The fourth-order valence-corrected chi connectivity index (χ4v) is 2.61. The maximum absolute atomic E-state index is 11.9. The average Bonchev–Trinajstić information content (AvgIpc) is 2.99. The second kappa shape index (κ2) is 7.75. The van der Waals surface area contributed by atoms with Crippen molar-refractivity contribution in [3.63, 3.8) is 0 Å². The lowest BCUT2D eigenvalue weighted by molar-refractivity contribution is -0.222. The first kappa shape index (κ1) is 19.5. The predicted octanol–water partition coefficient (Wildman–Crippen LogP) is 2.92. The maximum Gasteiger partial charge on any atom is 0.350 e. The number of esters is 2. The molecule has 1 aliphatic heterocycles. The number of aryl methyl sites for hydroxylation is 2. The van der Waals surface area contributed by atoms with Gasteiger partial charge in [-0.2, -0.15) is 5.10 Å². The van der Waals surface area contributed by atoms with E-state index in [1.54, 1.807) is 24.3 Å². The molecule has 2 aromatic rings. The number of nitrogens with one attached hydrogen (secondary N) is 1.